The Morgan fingerprint density at radius 2 is 2.17 bits per heavy atom. The number of Topliss-reactive ketones (excluding diaryl/α,β-unsaturated/α-hetero) is 1. The third kappa shape index (κ3) is 2.73. The van der Waals surface area contributed by atoms with Gasteiger partial charge in [0.2, 0.25) is 0 Å². The second kappa shape index (κ2) is 5.54. The lowest BCUT2D eigenvalue weighted by molar-refractivity contribution is 0.0887. The van der Waals surface area contributed by atoms with Crippen molar-refractivity contribution in [1.29, 1.82) is 0 Å². The Balaban J connectivity index is 2.05. The largest absolute Gasteiger partial charge is 0.395 e. The van der Waals surface area contributed by atoms with Gasteiger partial charge in [0.15, 0.2) is 17.4 Å². The molecule has 5 heteroatoms. The van der Waals surface area contributed by atoms with E-state index in [1.807, 2.05) is 4.90 Å². The zero-order valence-corrected chi connectivity index (χ0v) is 9.90. The lowest BCUT2D eigenvalue weighted by Crippen LogP contribution is -2.36. The molecule has 1 unspecified atom stereocenters. The van der Waals surface area contributed by atoms with Gasteiger partial charge in [-0.25, -0.2) is 8.78 Å². The first-order chi connectivity index (χ1) is 8.61. The van der Waals surface area contributed by atoms with Gasteiger partial charge in [0, 0.05) is 11.6 Å². The van der Waals surface area contributed by atoms with E-state index in [0.29, 0.717) is 0 Å². The monoisotopic (exact) mass is 255 g/mol. The van der Waals surface area contributed by atoms with Gasteiger partial charge in [-0.05, 0) is 37.6 Å². The van der Waals surface area contributed by atoms with Crippen LogP contribution in [-0.2, 0) is 0 Å². The number of nitrogens with zero attached hydrogens (tertiary/aromatic N) is 1. The van der Waals surface area contributed by atoms with Crippen molar-refractivity contribution in [2.45, 2.75) is 18.9 Å². The molecule has 1 aliphatic rings. The summed E-state index contributed by atoms with van der Waals surface area (Å²) in [7, 11) is 0. The molecule has 1 atom stereocenters. The highest BCUT2D eigenvalue weighted by molar-refractivity contribution is 5.97. The molecule has 18 heavy (non-hydrogen) atoms. The number of likely N-dealkylation sites (tertiary alicyclic amines) is 1. The zero-order valence-electron chi connectivity index (χ0n) is 9.90. The third-order valence-electron chi connectivity index (χ3n) is 3.30. The van der Waals surface area contributed by atoms with Crippen LogP contribution in [0.2, 0.25) is 0 Å². The first-order valence-electron chi connectivity index (χ1n) is 5.95. The van der Waals surface area contributed by atoms with Gasteiger partial charge in [-0.2, -0.15) is 0 Å². The molecule has 1 aromatic carbocycles. The van der Waals surface area contributed by atoms with Crippen LogP contribution in [0.25, 0.3) is 0 Å². The normalized spacial score (nSPS) is 20.3. The average molecular weight is 255 g/mol. The summed E-state index contributed by atoms with van der Waals surface area (Å²) in [6, 6.07) is 3.15. The average Bonchev–Trinajstić information content (AvgIpc) is 2.79. The molecular weight excluding hydrogens is 240 g/mol. The summed E-state index contributed by atoms with van der Waals surface area (Å²) in [4.78, 5) is 13.8. The number of benzene rings is 1. The summed E-state index contributed by atoms with van der Waals surface area (Å²) in [6.45, 7) is 0.905. The zero-order chi connectivity index (χ0) is 13.1. The fraction of sp³-hybridized carbons (Fsp3) is 0.462. The van der Waals surface area contributed by atoms with E-state index in [1.54, 1.807) is 0 Å². The number of aliphatic hydroxyl groups excluding tert-OH is 1. The van der Waals surface area contributed by atoms with Crippen molar-refractivity contribution in [2.75, 3.05) is 19.7 Å². The molecule has 0 amide bonds. The van der Waals surface area contributed by atoms with Crippen molar-refractivity contribution in [3.63, 3.8) is 0 Å². The number of hydrogen-bond acceptors (Lipinski definition) is 3. The van der Waals surface area contributed by atoms with Gasteiger partial charge >= 0.3 is 0 Å². The number of rotatable bonds is 4. The Hall–Kier alpha value is -1.33. The lowest BCUT2D eigenvalue weighted by atomic mass is 10.1. The minimum atomic E-state index is -1.01. The predicted octanol–water partition coefficient (Wildman–Crippen LogP) is 1.60. The van der Waals surface area contributed by atoms with Gasteiger partial charge in [0.1, 0.15) is 0 Å². The maximum absolute atomic E-state index is 13.0. The van der Waals surface area contributed by atoms with Crippen LogP contribution >= 0.6 is 0 Å². The number of halogens is 2. The molecular formula is C13H15F2NO2. The molecule has 0 bridgehead atoms. The van der Waals surface area contributed by atoms with E-state index in [2.05, 4.69) is 0 Å². The summed E-state index contributed by atoms with van der Waals surface area (Å²) in [5, 5.41) is 9.14. The fourth-order valence-corrected chi connectivity index (χ4v) is 2.26. The Morgan fingerprint density at radius 1 is 1.39 bits per heavy atom. The van der Waals surface area contributed by atoms with Crippen LogP contribution in [0.1, 0.15) is 23.2 Å². The molecule has 1 heterocycles. The Kier molecular flexibility index (Phi) is 4.04. The number of carbonyl (C=O) groups excluding carboxylic acids is 1. The molecule has 1 saturated heterocycles. The van der Waals surface area contributed by atoms with Crippen LogP contribution in [0.15, 0.2) is 18.2 Å². The smallest absolute Gasteiger partial charge is 0.176 e. The second-order valence-corrected chi connectivity index (χ2v) is 4.50. The van der Waals surface area contributed by atoms with Crippen LogP contribution in [0, 0.1) is 11.6 Å². The summed E-state index contributed by atoms with van der Waals surface area (Å²) in [5.41, 5.74) is 0.164. The number of hydrogen-bond donors (Lipinski definition) is 1. The third-order valence-corrected chi connectivity index (χ3v) is 3.30. The van der Waals surface area contributed by atoms with Crippen LogP contribution in [0.5, 0.6) is 0 Å². The van der Waals surface area contributed by atoms with Crippen molar-refractivity contribution in [3.8, 4) is 0 Å². The lowest BCUT2D eigenvalue weighted by Gasteiger charge is -2.21. The topological polar surface area (TPSA) is 40.5 Å². The molecule has 3 nitrogen and oxygen atoms in total. The van der Waals surface area contributed by atoms with Crippen molar-refractivity contribution < 1.29 is 18.7 Å². The molecule has 0 aliphatic carbocycles. The molecule has 98 valence electrons. The summed E-state index contributed by atoms with van der Waals surface area (Å²) in [5.74, 6) is -2.23. The maximum Gasteiger partial charge on any atom is 0.176 e. The molecule has 1 aliphatic heterocycles. The highest BCUT2D eigenvalue weighted by atomic mass is 19.2. The Bertz CT molecular complexity index is 451. The highest BCUT2D eigenvalue weighted by Crippen LogP contribution is 2.17. The predicted molar refractivity (Wildman–Crippen MR) is 62.4 cm³/mol. The fourth-order valence-electron chi connectivity index (χ4n) is 2.26. The van der Waals surface area contributed by atoms with Crippen LogP contribution in [0.4, 0.5) is 8.78 Å². The molecule has 0 saturated carbocycles. The molecule has 0 spiro atoms. The summed E-state index contributed by atoms with van der Waals surface area (Å²) < 4.78 is 25.8. The standard InChI is InChI=1S/C13H15F2NO2/c14-11-4-3-9(6-12(11)15)13(18)7-16-5-1-2-10(16)8-17/h3-4,6,10,17H,1-2,5,7-8H2. The minimum Gasteiger partial charge on any atom is -0.395 e. The van der Waals surface area contributed by atoms with Gasteiger partial charge in [-0.3, -0.25) is 9.69 Å². The molecule has 1 N–H and O–H groups in total. The van der Waals surface area contributed by atoms with Crippen LogP contribution in [-0.4, -0.2) is 41.5 Å². The SMILES string of the molecule is O=C(CN1CCCC1CO)c1ccc(F)c(F)c1. The van der Waals surface area contributed by atoms with Gasteiger partial charge in [0.25, 0.3) is 0 Å². The molecule has 2 rings (SSSR count). The van der Waals surface area contributed by atoms with E-state index >= 15 is 0 Å². The van der Waals surface area contributed by atoms with Crippen molar-refractivity contribution in [1.82, 2.24) is 4.90 Å². The number of ketones is 1. The van der Waals surface area contributed by atoms with E-state index in [-0.39, 0.29) is 30.5 Å². The quantitative estimate of drug-likeness (QED) is 0.831. The van der Waals surface area contributed by atoms with Gasteiger partial charge in [-0.15, -0.1) is 0 Å². The van der Waals surface area contributed by atoms with E-state index in [9.17, 15) is 13.6 Å². The molecule has 1 fully saturated rings. The van der Waals surface area contributed by atoms with E-state index in [1.165, 1.54) is 6.07 Å². The highest BCUT2D eigenvalue weighted by Gasteiger charge is 2.25. The summed E-state index contributed by atoms with van der Waals surface area (Å²) in [6.07, 6.45) is 1.80. The van der Waals surface area contributed by atoms with Crippen molar-refractivity contribution in [3.05, 3.63) is 35.4 Å². The first kappa shape index (κ1) is 13.1. The second-order valence-electron chi connectivity index (χ2n) is 4.50. The van der Waals surface area contributed by atoms with Crippen LogP contribution in [0.3, 0.4) is 0 Å². The van der Waals surface area contributed by atoms with E-state index in [4.69, 9.17) is 5.11 Å². The number of aliphatic hydroxyl groups is 1. The van der Waals surface area contributed by atoms with E-state index in [0.717, 1.165) is 31.5 Å². The van der Waals surface area contributed by atoms with Gasteiger partial charge in [0.05, 0.1) is 13.2 Å². The van der Waals surface area contributed by atoms with Crippen LogP contribution < -0.4 is 0 Å². The minimum absolute atomic E-state index is 0.000699. The van der Waals surface area contributed by atoms with Crippen molar-refractivity contribution in [2.24, 2.45) is 0 Å². The van der Waals surface area contributed by atoms with E-state index < -0.39 is 11.6 Å². The first-order valence-corrected chi connectivity index (χ1v) is 5.95. The van der Waals surface area contributed by atoms with Gasteiger partial charge < -0.3 is 5.11 Å². The molecule has 1 aromatic rings. The Morgan fingerprint density at radius 3 is 2.83 bits per heavy atom. The summed E-state index contributed by atoms with van der Waals surface area (Å²) >= 11 is 0. The Labute approximate surface area is 104 Å². The maximum atomic E-state index is 13.0. The molecule has 0 radical (unpaired) electrons. The number of carbonyl (C=O) groups is 1. The molecule has 0 aromatic heterocycles. The van der Waals surface area contributed by atoms with Crippen molar-refractivity contribution >= 4 is 5.78 Å². The van der Waals surface area contributed by atoms with Gasteiger partial charge in [-0.1, -0.05) is 0 Å².